The average Bonchev–Trinajstić information content (AvgIpc) is 4.16. The van der Waals surface area contributed by atoms with E-state index in [0.717, 1.165) is 28.5 Å². The second kappa shape index (κ2) is 19.3. The molecule has 0 spiro atoms. The molecule has 4 unspecified atom stereocenters. The standard InChI is InChI=1S/C45H51F3N8O8/c1-61-43(59)52-36(27-13-19-63-20-14-27)41(57)55-17-3-5-34(55)39-49-25-33(51-39)31-11-10-29-23-26(7-9-30(29)24-31)8-12-32-38(45(46,47)48)54-40(50-32)35-6-4-18-56(35)42(58)37(53-44(60)62-2)28-15-21-64-22-16-28/h7,9-11,23-25,27-28,34-37H,3-6,13-22H2,1-2H3,(H,49,51)(H,50,54)(H,52,59)(H,53,60). The Bertz CT molecular complexity index is 2410. The van der Waals surface area contributed by atoms with Gasteiger partial charge in [0.1, 0.15) is 29.4 Å². The van der Waals surface area contributed by atoms with Gasteiger partial charge in [-0.05, 0) is 98.1 Å². The van der Waals surface area contributed by atoms with E-state index in [1.807, 2.05) is 24.3 Å². The number of benzene rings is 2. The van der Waals surface area contributed by atoms with Gasteiger partial charge in [0.05, 0.1) is 38.2 Å². The summed E-state index contributed by atoms with van der Waals surface area (Å²) in [6.07, 6.45) is 0.212. The smallest absolute Gasteiger partial charge is 0.436 e. The molecule has 4 amide bonds. The summed E-state index contributed by atoms with van der Waals surface area (Å²) in [6.45, 7) is 2.68. The van der Waals surface area contributed by atoms with Crippen LogP contribution in [-0.4, -0.2) is 120 Å². The van der Waals surface area contributed by atoms with Crippen molar-refractivity contribution in [3.8, 4) is 23.1 Å². The molecule has 8 rings (SSSR count). The van der Waals surface area contributed by atoms with E-state index in [0.29, 0.717) is 89.3 Å². The number of nitrogens with one attached hydrogen (secondary N) is 4. The maximum absolute atomic E-state index is 14.4. The lowest BCUT2D eigenvalue weighted by Gasteiger charge is -2.34. The van der Waals surface area contributed by atoms with E-state index in [4.69, 9.17) is 18.9 Å². The molecule has 0 saturated carbocycles. The summed E-state index contributed by atoms with van der Waals surface area (Å²) in [5.41, 5.74) is 0.473. The maximum Gasteiger partial charge on any atom is 0.436 e. The highest BCUT2D eigenvalue weighted by Gasteiger charge is 2.44. The van der Waals surface area contributed by atoms with Crippen LogP contribution in [0, 0.1) is 23.7 Å². The largest absolute Gasteiger partial charge is 0.453 e. The normalized spacial score (nSPS) is 20.6. The highest BCUT2D eigenvalue weighted by atomic mass is 19.4. The van der Waals surface area contributed by atoms with Crippen molar-refractivity contribution < 1.29 is 51.3 Å². The van der Waals surface area contributed by atoms with Crippen LogP contribution in [0.15, 0.2) is 42.6 Å². The molecular formula is C45H51F3N8O8. The number of fused-ring (bicyclic) bond motifs is 1. The molecule has 64 heavy (non-hydrogen) atoms. The highest BCUT2D eigenvalue weighted by Crippen LogP contribution is 2.38. The number of alkyl halides is 3. The maximum atomic E-state index is 14.4. The average molecular weight is 889 g/mol. The quantitative estimate of drug-likeness (QED) is 0.145. The number of likely N-dealkylation sites (tertiary alicyclic amines) is 2. The zero-order chi connectivity index (χ0) is 45.0. The van der Waals surface area contributed by atoms with Crippen LogP contribution in [-0.2, 0) is 34.7 Å². The lowest BCUT2D eigenvalue weighted by molar-refractivity contribution is -0.141. The number of hydrogen-bond donors (Lipinski definition) is 4. The molecule has 0 bridgehead atoms. The fourth-order valence-corrected chi connectivity index (χ4v) is 9.34. The lowest BCUT2D eigenvalue weighted by atomic mass is 9.90. The molecule has 4 N–H and O–H groups in total. The van der Waals surface area contributed by atoms with Crippen molar-refractivity contribution >= 4 is 34.8 Å². The molecule has 16 nitrogen and oxygen atoms in total. The number of rotatable bonds is 9. The minimum Gasteiger partial charge on any atom is -0.453 e. The van der Waals surface area contributed by atoms with Gasteiger partial charge in [0.25, 0.3) is 0 Å². The summed E-state index contributed by atoms with van der Waals surface area (Å²) in [6, 6.07) is 8.34. The van der Waals surface area contributed by atoms with E-state index in [1.165, 1.54) is 19.1 Å². The van der Waals surface area contributed by atoms with Crippen LogP contribution in [0.5, 0.6) is 0 Å². The first-order chi connectivity index (χ1) is 30.9. The van der Waals surface area contributed by atoms with Gasteiger partial charge >= 0.3 is 18.4 Å². The topological polar surface area (TPSA) is 193 Å². The van der Waals surface area contributed by atoms with E-state index in [1.54, 1.807) is 23.2 Å². The number of aromatic amines is 2. The van der Waals surface area contributed by atoms with Crippen molar-refractivity contribution in [2.24, 2.45) is 11.8 Å². The summed E-state index contributed by atoms with van der Waals surface area (Å²) in [4.78, 5) is 70.6. The summed E-state index contributed by atoms with van der Waals surface area (Å²) in [5.74, 6) is 5.23. The van der Waals surface area contributed by atoms with Crippen LogP contribution in [0.4, 0.5) is 22.8 Å². The van der Waals surface area contributed by atoms with E-state index in [9.17, 15) is 32.3 Å². The Morgan fingerprint density at radius 3 is 1.86 bits per heavy atom. The van der Waals surface area contributed by atoms with E-state index < -0.39 is 53.8 Å². The zero-order valence-corrected chi connectivity index (χ0v) is 35.6. The van der Waals surface area contributed by atoms with Crippen molar-refractivity contribution in [1.82, 2.24) is 40.4 Å². The predicted molar refractivity (Wildman–Crippen MR) is 224 cm³/mol. The van der Waals surface area contributed by atoms with E-state index in [2.05, 4.69) is 42.4 Å². The molecule has 19 heteroatoms. The fraction of sp³-hybridized carbons (Fsp3) is 0.511. The van der Waals surface area contributed by atoms with Crippen LogP contribution >= 0.6 is 0 Å². The Morgan fingerprint density at radius 2 is 1.30 bits per heavy atom. The van der Waals surface area contributed by atoms with Crippen LogP contribution in [0.1, 0.15) is 92.1 Å². The third-order valence-electron chi connectivity index (χ3n) is 12.7. The lowest BCUT2D eigenvalue weighted by Crippen LogP contribution is -2.53. The molecule has 4 saturated heterocycles. The minimum absolute atomic E-state index is 0.0266. The van der Waals surface area contributed by atoms with Gasteiger partial charge in [0.15, 0.2) is 5.69 Å². The first-order valence-corrected chi connectivity index (χ1v) is 21.7. The number of halogens is 3. The monoisotopic (exact) mass is 888 g/mol. The van der Waals surface area contributed by atoms with Crippen molar-refractivity contribution in [3.63, 3.8) is 0 Å². The number of methoxy groups -OCH3 is 2. The van der Waals surface area contributed by atoms with Crippen LogP contribution in [0.25, 0.3) is 22.0 Å². The number of ether oxygens (including phenoxy) is 4. The molecule has 0 aliphatic carbocycles. The number of imidazole rings is 2. The Labute approximate surface area is 367 Å². The Hall–Kier alpha value is -6.13. The zero-order valence-electron chi connectivity index (χ0n) is 35.6. The molecule has 4 aromatic rings. The van der Waals surface area contributed by atoms with Crippen LogP contribution in [0.2, 0.25) is 0 Å². The molecule has 4 atom stereocenters. The van der Waals surface area contributed by atoms with E-state index in [-0.39, 0.29) is 36.2 Å². The molecule has 4 aliphatic heterocycles. The number of aromatic nitrogens is 4. The molecule has 6 heterocycles. The van der Waals surface area contributed by atoms with Crippen molar-refractivity contribution in [1.29, 1.82) is 0 Å². The van der Waals surface area contributed by atoms with Gasteiger partial charge in [0.2, 0.25) is 11.8 Å². The number of hydrogen-bond acceptors (Lipinski definition) is 10. The minimum atomic E-state index is -4.82. The third-order valence-corrected chi connectivity index (χ3v) is 12.7. The van der Waals surface area contributed by atoms with Crippen LogP contribution in [0.3, 0.4) is 0 Å². The molecular weight excluding hydrogens is 838 g/mol. The second-order valence-electron chi connectivity index (χ2n) is 16.6. The number of H-pyrrole nitrogens is 2. The summed E-state index contributed by atoms with van der Waals surface area (Å²) in [5, 5.41) is 7.09. The first kappa shape index (κ1) is 44.5. The molecule has 340 valence electrons. The summed E-state index contributed by atoms with van der Waals surface area (Å²) < 4.78 is 63.8. The molecule has 2 aromatic heterocycles. The summed E-state index contributed by atoms with van der Waals surface area (Å²) in [7, 11) is 2.47. The van der Waals surface area contributed by atoms with Gasteiger partial charge in [0, 0.05) is 50.6 Å². The van der Waals surface area contributed by atoms with Crippen molar-refractivity contribution in [2.75, 3.05) is 53.7 Å². The molecule has 0 radical (unpaired) electrons. The highest BCUT2D eigenvalue weighted by molar-refractivity contribution is 5.89. The Kier molecular flexibility index (Phi) is 13.4. The van der Waals surface area contributed by atoms with Gasteiger partial charge in [-0.15, -0.1) is 0 Å². The fourth-order valence-electron chi connectivity index (χ4n) is 9.34. The number of alkyl carbamates (subject to hydrolysis) is 2. The number of nitrogens with zero attached hydrogens (tertiary/aromatic N) is 4. The van der Waals surface area contributed by atoms with Crippen LogP contribution < -0.4 is 10.6 Å². The number of carbonyl (C=O) groups excluding carboxylic acids is 4. The molecule has 4 aliphatic rings. The van der Waals surface area contributed by atoms with Gasteiger partial charge in [-0.2, -0.15) is 13.2 Å². The molecule has 4 fully saturated rings. The first-order valence-electron chi connectivity index (χ1n) is 21.7. The molecule has 2 aromatic carbocycles. The van der Waals surface area contributed by atoms with E-state index >= 15 is 0 Å². The van der Waals surface area contributed by atoms with Gasteiger partial charge in [-0.25, -0.2) is 19.6 Å². The van der Waals surface area contributed by atoms with Gasteiger partial charge < -0.3 is 49.3 Å². The predicted octanol–water partition coefficient (Wildman–Crippen LogP) is 6.00. The van der Waals surface area contributed by atoms with Gasteiger partial charge in [-0.3, -0.25) is 9.59 Å². The number of carbonyl (C=O) groups is 4. The van der Waals surface area contributed by atoms with Crippen molar-refractivity contribution in [2.45, 2.75) is 81.7 Å². The second-order valence-corrected chi connectivity index (χ2v) is 16.6. The van der Waals surface area contributed by atoms with Crippen molar-refractivity contribution in [3.05, 3.63) is 71.2 Å². The SMILES string of the molecule is COC(=O)NC(C(=O)N1CCCC1c1ncc(-c2ccc3cc(C#Cc4[nH]c(C5CCCN5C(=O)C(NC(=O)OC)C5CCOCC5)nc4C(F)(F)F)ccc3c2)[nH]1)C1CCOCC1. The number of amides is 4. The Morgan fingerprint density at radius 1 is 0.750 bits per heavy atom. The summed E-state index contributed by atoms with van der Waals surface area (Å²) >= 11 is 0. The van der Waals surface area contributed by atoms with Gasteiger partial charge in [-0.1, -0.05) is 24.1 Å². The Balaban J connectivity index is 0.985. The third kappa shape index (κ3) is 9.67.